The zero-order valence-corrected chi connectivity index (χ0v) is 16.2. The predicted octanol–water partition coefficient (Wildman–Crippen LogP) is 4.94. The van der Waals surface area contributed by atoms with Crippen LogP contribution in [0.1, 0.15) is 40.0 Å². The van der Waals surface area contributed by atoms with Gasteiger partial charge in [0.2, 0.25) is 0 Å². The zero-order valence-electron chi connectivity index (χ0n) is 15.1. The Balaban J connectivity index is 0.000000300. The van der Waals surface area contributed by atoms with E-state index in [1.807, 2.05) is 32.1 Å². The molecule has 24 heavy (non-hydrogen) atoms. The van der Waals surface area contributed by atoms with Crippen LogP contribution in [-0.4, -0.2) is 12.3 Å². The van der Waals surface area contributed by atoms with Crippen molar-refractivity contribution in [3.63, 3.8) is 0 Å². The zero-order chi connectivity index (χ0) is 16.3. The van der Waals surface area contributed by atoms with Gasteiger partial charge >= 0.3 is 17.1 Å². The van der Waals surface area contributed by atoms with Gasteiger partial charge in [0.15, 0.2) is 0 Å². The Morgan fingerprint density at radius 2 is 1.58 bits per heavy atom. The van der Waals surface area contributed by atoms with Gasteiger partial charge in [0.25, 0.3) is 0 Å². The first-order chi connectivity index (χ1) is 11.1. The van der Waals surface area contributed by atoms with Gasteiger partial charge in [-0.25, -0.2) is 0 Å². The smallest absolute Gasteiger partial charge is 0.293 e. The quantitative estimate of drug-likeness (QED) is 0.497. The fourth-order valence-electron chi connectivity index (χ4n) is 4.46. The average molecular weight is 363 g/mol. The summed E-state index contributed by atoms with van der Waals surface area (Å²) in [7, 11) is 0. The van der Waals surface area contributed by atoms with Gasteiger partial charge < -0.3 is 0 Å². The summed E-state index contributed by atoms with van der Waals surface area (Å²) in [6.45, 7) is 8.11. The Hall–Kier alpha value is 0.189. The molecule has 0 N–H and O–H groups in total. The van der Waals surface area contributed by atoms with Crippen molar-refractivity contribution in [2.24, 2.45) is 28.2 Å². The number of hydrogen-bond donors (Lipinski definition) is 0. The number of rotatable bonds is 3. The number of hydrogen-bond acceptors (Lipinski definition) is 1. The normalized spacial score (nSPS) is 34.8. The van der Waals surface area contributed by atoms with Crippen LogP contribution in [0.5, 0.6) is 0 Å². The van der Waals surface area contributed by atoms with Crippen molar-refractivity contribution >= 4 is 5.71 Å². The molecule has 0 aromatic heterocycles. The van der Waals surface area contributed by atoms with Crippen LogP contribution in [0, 0.1) is 86.9 Å². The van der Waals surface area contributed by atoms with Crippen molar-refractivity contribution in [2.45, 2.75) is 40.0 Å². The predicted molar refractivity (Wildman–Crippen MR) is 98.0 cm³/mol. The molecular formula is C22H29FeN+2. The molecule has 0 heterocycles. The van der Waals surface area contributed by atoms with E-state index >= 15 is 0 Å². The first-order valence-electron chi connectivity index (χ1n) is 8.99. The van der Waals surface area contributed by atoms with Crippen LogP contribution in [-0.2, 0) is 17.1 Å². The minimum Gasteiger partial charge on any atom is -0.293 e. The summed E-state index contributed by atoms with van der Waals surface area (Å²) in [4.78, 5) is 4.85. The van der Waals surface area contributed by atoms with E-state index in [1.165, 1.54) is 30.9 Å². The Morgan fingerprint density at radius 3 is 2.08 bits per heavy atom. The van der Waals surface area contributed by atoms with E-state index in [0.29, 0.717) is 5.41 Å². The topological polar surface area (TPSA) is 12.4 Å². The third-order valence-corrected chi connectivity index (χ3v) is 6.20. The van der Waals surface area contributed by atoms with Gasteiger partial charge in [0, 0.05) is 18.2 Å². The maximum absolute atomic E-state index is 4.85. The number of nitrogens with zero attached hydrogens (tertiary/aromatic N) is 1. The van der Waals surface area contributed by atoms with Gasteiger partial charge in [0.05, 0.1) is 0 Å². The van der Waals surface area contributed by atoms with Crippen LogP contribution in [0.25, 0.3) is 0 Å². The Labute approximate surface area is 161 Å². The maximum Gasteiger partial charge on any atom is 2.00 e. The van der Waals surface area contributed by atoms with Gasteiger partial charge in [-0.3, -0.25) is 4.99 Å². The molecule has 2 bridgehead atoms. The second kappa shape index (κ2) is 9.22. The van der Waals surface area contributed by atoms with Crippen LogP contribution >= 0.6 is 0 Å². The molecule has 0 saturated heterocycles. The van der Waals surface area contributed by atoms with E-state index in [2.05, 4.69) is 46.5 Å². The van der Waals surface area contributed by atoms with Crippen molar-refractivity contribution in [1.29, 1.82) is 0 Å². The van der Waals surface area contributed by atoms with E-state index in [4.69, 9.17) is 4.99 Å². The second-order valence-corrected chi connectivity index (χ2v) is 7.76. The molecule has 5 aliphatic carbocycles. The fraction of sp³-hybridized carbons (Fsp3) is 0.500. The van der Waals surface area contributed by atoms with Crippen LogP contribution in [0.3, 0.4) is 0 Å². The Kier molecular flexibility index (Phi) is 7.88. The molecule has 0 unspecified atom stereocenters. The molecule has 10 radical (unpaired) electrons. The van der Waals surface area contributed by atoms with E-state index < -0.39 is 0 Å². The third kappa shape index (κ3) is 4.67. The summed E-state index contributed by atoms with van der Waals surface area (Å²) >= 11 is 0. The molecule has 0 aromatic rings. The van der Waals surface area contributed by atoms with Crippen LogP contribution < -0.4 is 0 Å². The van der Waals surface area contributed by atoms with Crippen molar-refractivity contribution in [1.82, 2.24) is 0 Å². The molecule has 0 amide bonds. The van der Waals surface area contributed by atoms with Crippen LogP contribution in [0.2, 0.25) is 0 Å². The third-order valence-electron chi connectivity index (χ3n) is 6.20. The van der Waals surface area contributed by atoms with Gasteiger partial charge in [0.1, 0.15) is 0 Å². The van der Waals surface area contributed by atoms with Crippen molar-refractivity contribution in [2.75, 3.05) is 6.54 Å². The number of aliphatic imine (C=N–C) groups is 1. The molecule has 2 heteroatoms. The summed E-state index contributed by atoms with van der Waals surface area (Å²) < 4.78 is 0. The molecule has 5 rings (SSSR count). The monoisotopic (exact) mass is 363 g/mol. The van der Waals surface area contributed by atoms with Crippen molar-refractivity contribution < 1.29 is 17.1 Å². The van der Waals surface area contributed by atoms with Gasteiger partial charge in [-0.1, -0.05) is 13.8 Å². The summed E-state index contributed by atoms with van der Waals surface area (Å²) in [5.74, 6) is 4.04. The standard InChI is InChI=1S/C17H24N.C5H5.Fe/c1-12(13-6-4-5-7-13)18-11-14-8-9-15-10-16(14)17(15,2)3;1-2-4-5-3-1;/h4-7,14-16H,8-11H2,1-3H3;1-5H;/q;;+2/t14-,15+,16+;;/m0../s1. The SMILES string of the molecule is CC(=NC[C@@H]1CC[C@@H]2C[C@H]1C2(C)C)[C]1[CH][CH][CH][CH]1.[CH]1[CH][CH][CH][CH]1.[Fe+2]. The molecule has 5 saturated carbocycles. The van der Waals surface area contributed by atoms with Crippen molar-refractivity contribution in [3.8, 4) is 0 Å². The molecule has 5 aliphatic rings. The minimum atomic E-state index is 0. The fourth-order valence-corrected chi connectivity index (χ4v) is 4.46. The molecular weight excluding hydrogens is 334 g/mol. The summed E-state index contributed by atoms with van der Waals surface area (Å²) in [5.41, 5.74) is 1.80. The first kappa shape index (κ1) is 20.5. The first-order valence-corrected chi connectivity index (χ1v) is 8.99. The molecule has 0 aromatic carbocycles. The van der Waals surface area contributed by atoms with E-state index in [9.17, 15) is 0 Å². The summed E-state index contributed by atoms with van der Waals surface area (Å²) in [6, 6.07) is 0. The summed E-state index contributed by atoms with van der Waals surface area (Å²) in [5, 5.41) is 0. The Morgan fingerprint density at radius 1 is 1.00 bits per heavy atom. The molecule has 5 fully saturated rings. The van der Waals surface area contributed by atoms with Crippen LogP contribution in [0.4, 0.5) is 0 Å². The molecule has 3 atom stereocenters. The van der Waals surface area contributed by atoms with E-state index in [0.717, 1.165) is 24.3 Å². The molecule has 1 nitrogen and oxygen atoms in total. The van der Waals surface area contributed by atoms with Gasteiger partial charge in [-0.2, -0.15) is 0 Å². The number of fused-ring (bicyclic) bond motifs is 2. The molecule has 0 spiro atoms. The minimum absolute atomic E-state index is 0. The largest absolute Gasteiger partial charge is 2.00 e. The van der Waals surface area contributed by atoms with E-state index in [1.54, 1.807) is 0 Å². The average Bonchev–Trinajstić information content (AvgIpc) is 3.27. The summed E-state index contributed by atoms with van der Waals surface area (Å²) in [6.07, 6.45) is 22.8. The molecule has 0 aliphatic heterocycles. The Bertz CT molecular complexity index is 395. The maximum atomic E-state index is 4.85. The molecule has 128 valence electrons. The van der Waals surface area contributed by atoms with Crippen LogP contribution in [0.15, 0.2) is 4.99 Å². The van der Waals surface area contributed by atoms with Gasteiger partial charge in [-0.15, -0.1) is 0 Å². The van der Waals surface area contributed by atoms with Crippen molar-refractivity contribution in [3.05, 3.63) is 63.7 Å². The van der Waals surface area contributed by atoms with Gasteiger partial charge in [-0.05, 0) is 107 Å². The second-order valence-electron chi connectivity index (χ2n) is 7.76. The van der Waals surface area contributed by atoms with E-state index in [-0.39, 0.29) is 17.1 Å².